The maximum absolute atomic E-state index is 11.3. The molecule has 1 atom stereocenters. The molecule has 3 N–H and O–H groups in total. The van der Waals surface area contributed by atoms with Crippen molar-refractivity contribution >= 4 is 5.91 Å². The third kappa shape index (κ3) is 1.36. The second-order valence-electron chi connectivity index (χ2n) is 3.14. The van der Waals surface area contributed by atoms with E-state index in [4.69, 9.17) is 10.8 Å². The van der Waals surface area contributed by atoms with Crippen molar-refractivity contribution in [2.45, 2.75) is 18.4 Å². The predicted molar refractivity (Wildman–Crippen MR) is 40.9 cm³/mol. The fourth-order valence-electron chi connectivity index (χ4n) is 1.37. The monoisotopic (exact) mass is 158 g/mol. The molecule has 64 valence electrons. The average Bonchev–Trinajstić information content (AvgIpc) is 2.00. The van der Waals surface area contributed by atoms with Crippen LogP contribution in [0.2, 0.25) is 0 Å². The van der Waals surface area contributed by atoms with Crippen molar-refractivity contribution in [1.29, 1.82) is 0 Å². The molecule has 0 aromatic rings. The molecule has 1 aliphatic heterocycles. The van der Waals surface area contributed by atoms with E-state index in [-0.39, 0.29) is 12.5 Å². The van der Waals surface area contributed by atoms with Gasteiger partial charge in [0.05, 0.1) is 6.61 Å². The van der Waals surface area contributed by atoms with E-state index in [1.165, 1.54) is 0 Å². The number of rotatable bonds is 1. The van der Waals surface area contributed by atoms with Gasteiger partial charge in [-0.2, -0.15) is 0 Å². The molecular weight excluding hydrogens is 144 g/mol. The normalized spacial score (nSPS) is 32.6. The summed E-state index contributed by atoms with van der Waals surface area (Å²) in [5.74, 6) is -0.147. The minimum absolute atomic E-state index is 0.147. The summed E-state index contributed by atoms with van der Waals surface area (Å²) in [7, 11) is 1.71. The molecule has 1 aliphatic rings. The fraction of sp³-hybridized carbons (Fsp3) is 0.857. The van der Waals surface area contributed by atoms with E-state index in [0.29, 0.717) is 6.42 Å². The van der Waals surface area contributed by atoms with Crippen LogP contribution in [0.5, 0.6) is 0 Å². The molecule has 1 rings (SSSR count). The number of carbonyl (C=O) groups is 1. The number of hydrogen-bond acceptors (Lipinski definition) is 3. The Hall–Kier alpha value is -0.610. The standard InChI is InChI=1S/C7H14N2O2/c1-9-4-2-3-7(8,5-10)6(9)11/h10H,2-5,8H2,1H3. The molecule has 4 heteroatoms. The van der Waals surface area contributed by atoms with Gasteiger partial charge < -0.3 is 15.7 Å². The number of amides is 1. The van der Waals surface area contributed by atoms with Crippen LogP contribution in [0.3, 0.4) is 0 Å². The zero-order valence-corrected chi connectivity index (χ0v) is 6.71. The van der Waals surface area contributed by atoms with Gasteiger partial charge in [0.25, 0.3) is 0 Å². The van der Waals surface area contributed by atoms with E-state index < -0.39 is 5.54 Å². The lowest BCUT2D eigenvalue weighted by Gasteiger charge is -2.35. The van der Waals surface area contributed by atoms with Gasteiger partial charge in [0.1, 0.15) is 5.54 Å². The van der Waals surface area contributed by atoms with Crippen LogP contribution in [0.25, 0.3) is 0 Å². The quantitative estimate of drug-likeness (QED) is 0.510. The zero-order chi connectivity index (χ0) is 8.48. The van der Waals surface area contributed by atoms with Gasteiger partial charge in [0.15, 0.2) is 0 Å². The SMILES string of the molecule is CN1CCCC(N)(CO)C1=O. The number of likely N-dealkylation sites (tertiary alicyclic amines) is 1. The van der Waals surface area contributed by atoms with Crippen molar-refractivity contribution in [3.63, 3.8) is 0 Å². The number of nitrogens with two attached hydrogens (primary N) is 1. The summed E-state index contributed by atoms with van der Waals surface area (Å²) in [6.45, 7) is 0.494. The van der Waals surface area contributed by atoms with Crippen molar-refractivity contribution in [2.24, 2.45) is 5.73 Å². The van der Waals surface area contributed by atoms with Crippen LogP contribution in [-0.2, 0) is 4.79 Å². The second kappa shape index (κ2) is 2.79. The Morgan fingerprint density at radius 3 is 2.91 bits per heavy atom. The predicted octanol–water partition coefficient (Wildman–Crippen LogP) is -1.07. The fourth-order valence-corrected chi connectivity index (χ4v) is 1.37. The molecule has 0 radical (unpaired) electrons. The van der Waals surface area contributed by atoms with Gasteiger partial charge >= 0.3 is 0 Å². The molecule has 0 aromatic heterocycles. The Morgan fingerprint density at radius 1 is 1.82 bits per heavy atom. The molecule has 4 nitrogen and oxygen atoms in total. The highest BCUT2D eigenvalue weighted by molar-refractivity contribution is 5.86. The molecule has 11 heavy (non-hydrogen) atoms. The molecule has 0 aliphatic carbocycles. The summed E-state index contributed by atoms with van der Waals surface area (Å²) in [4.78, 5) is 12.9. The molecule has 0 saturated carbocycles. The van der Waals surface area contributed by atoms with Crippen LogP contribution in [0.1, 0.15) is 12.8 Å². The molecule has 1 saturated heterocycles. The molecule has 0 aromatic carbocycles. The van der Waals surface area contributed by atoms with E-state index in [1.54, 1.807) is 11.9 Å². The summed E-state index contributed by atoms with van der Waals surface area (Å²) in [6.07, 6.45) is 1.46. The van der Waals surface area contributed by atoms with Crippen molar-refractivity contribution in [3.05, 3.63) is 0 Å². The number of nitrogens with zero attached hydrogens (tertiary/aromatic N) is 1. The molecular formula is C7H14N2O2. The van der Waals surface area contributed by atoms with Crippen LogP contribution in [0.15, 0.2) is 0 Å². The molecule has 1 fully saturated rings. The Balaban J connectivity index is 2.72. The third-order valence-electron chi connectivity index (χ3n) is 2.17. The topological polar surface area (TPSA) is 66.6 Å². The largest absolute Gasteiger partial charge is 0.394 e. The highest BCUT2D eigenvalue weighted by Gasteiger charge is 2.38. The van der Waals surface area contributed by atoms with Crippen LogP contribution in [0.4, 0.5) is 0 Å². The number of hydrogen-bond donors (Lipinski definition) is 2. The Kier molecular flexibility index (Phi) is 2.15. The van der Waals surface area contributed by atoms with Gasteiger partial charge in [0.2, 0.25) is 5.91 Å². The molecule has 1 heterocycles. The summed E-state index contributed by atoms with van der Waals surface area (Å²) >= 11 is 0. The molecule has 1 amide bonds. The van der Waals surface area contributed by atoms with E-state index in [1.807, 2.05) is 0 Å². The minimum atomic E-state index is -1.01. The summed E-state index contributed by atoms with van der Waals surface area (Å²) in [5.41, 5.74) is 4.64. The van der Waals surface area contributed by atoms with Gasteiger partial charge in [-0.05, 0) is 12.8 Å². The number of aliphatic hydroxyl groups excluding tert-OH is 1. The van der Waals surface area contributed by atoms with Crippen LogP contribution >= 0.6 is 0 Å². The van der Waals surface area contributed by atoms with Crippen LogP contribution in [-0.4, -0.2) is 41.7 Å². The van der Waals surface area contributed by atoms with Gasteiger partial charge in [-0.3, -0.25) is 4.79 Å². The van der Waals surface area contributed by atoms with Crippen molar-refractivity contribution < 1.29 is 9.90 Å². The lowest BCUT2D eigenvalue weighted by molar-refractivity contribution is -0.140. The molecule has 1 unspecified atom stereocenters. The number of aliphatic hydroxyl groups is 1. The summed E-state index contributed by atoms with van der Waals surface area (Å²) in [5, 5.41) is 8.87. The summed E-state index contributed by atoms with van der Waals surface area (Å²) in [6, 6.07) is 0. The minimum Gasteiger partial charge on any atom is -0.394 e. The Labute approximate surface area is 66.0 Å². The summed E-state index contributed by atoms with van der Waals surface area (Å²) < 4.78 is 0. The van der Waals surface area contributed by atoms with E-state index in [2.05, 4.69) is 0 Å². The number of likely N-dealkylation sites (N-methyl/N-ethyl adjacent to an activating group) is 1. The van der Waals surface area contributed by atoms with Crippen molar-refractivity contribution in [2.75, 3.05) is 20.2 Å². The maximum Gasteiger partial charge on any atom is 0.244 e. The molecule has 0 bridgehead atoms. The lowest BCUT2D eigenvalue weighted by Crippen LogP contribution is -2.60. The van der Waals surface area contributed by atoms with E-state index in [0.717, 1.165) is 13.0 Å². The van der Waals surface area contributed by atoms with Gasteiger partial charge in [0, 0.05) is 13.6 Å². The smallest absolute Gasteiger partial charge is 0.244 e. The van der Waals surface area contributed by atoms with Gasteiger partial charge in [-0.1, -0.05) is 0 Å². The first-order chi connectivity index (χ1) is 5.10. The zero-order valence-electron chi connectivity index (χ0n) is 6.71. The maximum atomic E-state index is 11.3. The highest BCUT2D eigenvalue weighted by atomic mass is 16.3. The molecule has 0 spiro atoms. The Bertz CT molecular complexity index is 172. The number of piperidine rings is 1. The van der Waals surface area contributed by atoms with Crippen LogP contribution in [0, 0.1) is 0 Å². The Morgan fingerprint density at radius 2 is 2.45 bits per heavy atom. The highest BCUT2D eigenvalue weighted by Crippen LogP contribution is 2.17. The number of carbonyl (C=O) groups excluding carboxylic acids is 1. The first-order valence-corrected chi connectivity index (χ1v) is 3.75. The van der Waals surface area contributed by atoms with E-state index >= 15 is 0 Å². The first kappa shape index (κ1) is 8.49. The van der Waals surface area contributed by atoms with Gasteiger partial charge in [-0.25, -0.2) is 0 Å². The van der Waals surface area contributed by atoms with Crippen molar-refractivity contribution in [1.82, 2.24) is 4.90 Å². The second-order valence-corrected chi connectivity index (χ2v) is 3.14. The first-order valence-electron chi connectivity index (χ1n) is 3.75. The average molecular weight is 158 g/mol. The van der Waals surface area contributed by atoms with Crippen molar-refractivity contribution in [3.8, 4) is 0 Å². The van der Waals surface area contributed by atoms with Gasteiger partial charge in [-0.15, -0.1) is 0 Å². The van der Waals surface area contributed by atoms with Crippen LogP contribution < -0.4 is 5.73 Å². The third-order valence-corrected chi connectivity index (χ3v) is 2.17. The lowest BCUT2D eigenvalue weighted by atomic mass is 9.90. The van der Waals surface area contributed by atoms with E-state index in [9.17, 15) is 4.79 Å².